The van der Waals surface area contributed by atoms with Gasteiger partial charge in [0.1, 0.15) is 6.54 Å². The number of nitro benzene ring substituents is 1. The van der Waals surface area contributed by atoms with Crippen LogP contribution >= 0.6 is 0 Å². The maximum atomic E-state index is 13.4. The highest BCUT2D eigenvalue weighted by Crippen LogP contribution is 2.26. The fourth-order valence-electron chi connectivity index (χ4n) is 4.04. The predicted molar refractivity (Wildman–Crippen MR) is 138 cm³/mol. The second-order valence-electron chi connectivity index (χ2n) is 8.59. The molecule has 0 atom stereocenters. The van der Waals surface area contributed by atoms with Crippen molar-refractivity contribution in [1.29, 1.82) is 0 Å². The zero-order chi connectivity index (χ0) is 26.3. The van der Waals surface area contributed by atoms with Crippen LogP contribution in [-0.4, -0.2) is 57.0 Å². The number of nitrogens with zero attached hydrogens (tertiary/aromatic N) is 3. The van der Waals surface area contributed by atoms with Gasteiger partial charge in [-0.1, -0.05) is 48.5 Å². The molecular weight excluding hydrogens is 496 g/mol. The Morgan fingerprint density at radius 1 is 0.973 bits per heavy atom. The third kappa shape index (κ3) is 6.91. The average molecular weight is 525 g/mol. The first-order valence-electron chi connectivity index (χ1n) is 11.8. The standard InChI is InChI=1S/C26H28N4O6S/c31-26(27-18-21-6-4-7-22(16-21)19-28-12-14-36-15-13-28)20-29(23-8-5-9-24(17-23)30(32)33)37(34,35)25-10-2-1-3-11-25/h1-11,16-17H,12-15,18-20H2,(H,27,31). The zero-order valence-electron chi connectivity index (χ0n) is 20.2. The number of sulfonamides is 1. The van der Waals surface area contributed by atoms with Gasteiger partial charge in [-0.05, 0) is 29.3 Å². The van der Waals surface area contributed by atoms with Crippen LogP contribution in [0.4, 0.5) is 11.4 Å². The Morgan fingerprint density at radius 2 is 1.68 bits per heavy atom. The van der Waals surface area contributed by atoms with Crippen LogP contribution in [0.2, 0.25) is 0 Å². The lowest BCUT2D eigenvalue weighted by molar-refractivity contribution is -0.384. The molecule has 0 saturated carbocycles. The van der Waals surface area contributed by atoms with Crippen LogP contribution in [0.5, 0.6) is 0 Å². The lowest BCUT2D eigenvalue weighted by Crippen LogP contribution is -2.40. The summed E-state index contributed by atoms with van der Waals surface area (Å²) in [6.45, 7) is 3.61. The Labute approximate surface area is 215 Å². The van der Waals surface area contributed by atoms with E-state index in [-0.39, 0.29) is 22.8 Å². The van der Waals surface area contributed by atoms with E-state index in [0.29, 0.717) is 13.2 Å². The van der Waals surface area contributed by atoms with Gasteiger partial charge in [0.25, 0.3) is 15.7 Å². The normalized spacial score (nSPS) is 14.2. The summed E-state index contributed by atoms with van der Waals surface area (Å²) in [4.78, 5) is 25.9. The van der Waals surface area contributed by atoms with E-state index in [0.717, 1.165) is 41.1 Å². The number of nitrogens with one attached hydrogen (secondary N) is 1. The monoisotopic (exact) mass is 524 g/mol. The number of hydrogen-bond acceptors (Lipinski definition) is 7. The maximum Gasteiger partial charge on any atom is 0.271 e. The van der Waals surface area contributed by atoms with Gasteiger partial charge in [-0.2, -0.15) is 0 Å². The Balaban J connectivity index is 1.49. The molecule has 0 bridgehead atoms. The van der Waals surface area contributed by atoms with E-state index in [2.05, 4.69) is 10.2 Å². The van der Waals surface area contributed by atoms with Crippen molar-refractivity contribution in [3.8, 4) is 0 Å². The largest absolute Gasteiger partial charge is 0.379 e. The average Bonchev–Trinajstić information content (AvgIpc) is 2.92. The molecule has 0 spiro atoms. The van der Waals surface area contributed by atoms with Crippen molar-refractivity contribution in [3.63, 3.8) is 0 Å². The molecule has 3 aromatic carbocycles. The van der Waals surface area contributed by atoms with Crippen molar-refractivity contribution in [2.24, 2.45) is 0 Å². The molecule has 1 heterocycles. The van der Waals surface area contributed by atoms with Gasteiger partial charge in [-0.25, -0.2) is 8.42 Å². The van der Waals surface area contributed by atoms with E-state index in [9.17, 15) is 23.3 Å². The molecule has 0 unspecified atom stereocenters. The summed E-state index contributed by atoms with van der Waals surface area (Å²) in [5.41, 5.74) is 1.74. The van der Waals surface area contributed by atoms with E-state index in [1.807, 2.05) is 24.3 Å². The molecule has 1 fully saturated rings. The van der Waals surface area contributed by atoms with Crippen molar-refractivity contribution >= 4 is 27.3 Å². The van der Waals surface area contributed by atoms with E-state index < -0.39 is 27.4 Å². The van der Waals surface area contributed by atoms with Gasteiger partial charge in [0.2, 0.25) is 5.91 Å². The number of rotatable bonds is 10. The molecule has 1 aliphatic heterocycles. The predicted octanol–water partition coefficient (Wildman–Crippen LogP) is 2.94. The summed E-state index contributed by atoms with van der Waals surface area (Å²) in [5.74, 6) is -0.537. The smallest absolute Gasteiger partial charge is 0.271 e. The summed E-state index contributed by atoms with van der Waals surface area (Å²) >= 11 is 0. The third-order valence-corrected chi connectivity index (χ3v) is 7.73. The molecule has 37 heavy (non-hydrogen) atoms. The van der Waals surface area contributed by atoms with Gasteiger partial charge in [0.15, 0.2) is 0 Å². The van der Waals surface area contributed by atoms with Crippen molar-refractivity contribution in [2.75, 3.05) is 37.2 Å². The Kier molecular flexibility index (Phi) is 8.49. The molecule has 3 aromatic rings. The highest BCUT2D eigenvalue weighted by Gasteiger charge is 2.28. The maximum absolute atomic E-state index is 13.4. The van der Waals surface area contributed by atoms with Crippen LogP contribution in [0.25, 0.3) is 0 Å². The summed E-state index contributed by atoms with van der Waals surface area (Å²) in [7, 11) is -4.16. The highest BCUT2D eigenvalue weighted by molar-refractivity contribution is 7.92. The summed E-state index contributed by atoms with van der Waals surface area (Å²) < 4.78 is 33.1. The number of carbonyl (C=O) groups is 1. The molecular formula is C26H28N4O6S. The van der Waals surface area contributed by atoms with Crippen LogP contribution in [0.3, 0.4) is 0 Å². The Morgan fingerprint density at radius 3 is 2.41 bits per heavy atom. The summed E-state index contributed by atoms with van der Waals surface area (Å²) in [6.07, 6.45) is 0. The van der Waals surface area contributed by atoms with Gasteiger partial charge in [-0.15, -0.1) is 0 Å². The summed E-state index contributed by atoms with van der Waals surface area (Å²) in [6, 6.07) is 20.7. The molecule has 4 rings (SSSR count). The molecule has 11 heteroatoms. The Hall–Kier alpha value is -3.80. The second-order valence-corrected chi connectivity index (χ2v) is 10.4. The number of non-ortho nitro benzene ring substituents is 1. The van der Waals surface area contributed by atoms with Gasteiger partial charge < -0.3 is 10.1 Å². The topological polar surface area (TPSA) is 122 Å². The van der Waals surface area contributed by atoms with Gasteiger partial charge in [-0.3, -0.25) is 24.1 Å². The zero-order valence-corrected chi connectivity index (χ0v) is 21.0. The molecule has 0 aromatic heterocycles. The van der Waals surface area contributed by atoms with E-state index >= 15 is 0 Å². The first-order valence-corrected chi connectivity index (χ1v) is 13.2. The van der Waals surface area contributed by atoms with Crippen molar-refractivity contribution in [3.05, 3.63) is 100 Å². The molecule has 10 nitrogen and oxygen atoms in total. The molecule has 1 saturated heterocycles. The van der Waals surface area contributed by atoms with E-state index in [1.165, 1.54) is 30.3 Å². The third-order valence-electron chi connectivity index (χ3n) is 5.94. The number of morpholine rings is 1. The first-order chi connectivity index (χ1) is 17.8. The van der Waals surface area contributed by atoms with E-state index in [1.54, 1.807) is 18.2 Å². The first kappa shape index (κ1) is 26.3. The number of benzene rings is 3. The van der Waals surface area contributed by atoms with Crippen molar-refractivity contribution < 1.29 is 22.9 Å². The minimum Gasteiger partial charge on any atom is -0.379 e. The number of ether oxygens (including phenoxy) is 1. The fourth-order valence-corrected chi connectivity index (χ4v) is 5.47. The van der Waals surface area contributed by atoms with Crippen LogP contribution in [0.15, 0.2) is 83.8 Å². The number of nitro groups is 1. The fraction of sp³-hybridized carbons (Fsp3) is 0.269. The number of hydrogen-bond donors (Lipinski definition) is 1. The highest BCUT2D eigenvalue weighted by atomic mass is 32.2. The van der Waals surface area contributed by atoms with Gasteiger partial charge in [0, 0.05) is 38.3 Å². The van der Waals surface area contributed by atoms with E-state index in [4.69, 9.17) is 4.74 Å². The molecule has 0 aliphatic carbocycles. The van der Waals surface area contributed by atoms with Crippen molar-refractivity contribution in [2.45, 2.75) is 18.0 Å². The van der Waals surface area contributed by atoms with Crippen LogP contribution < -0.4 is 9.62 Å². The van der Waals surface area contributed by atoms with Crippen molar-refractivity contribution in [1.82, 2.24) is 10.2 Å². The SMILES string of the molecule is O=C(CN(c1cccc([N+](=O)[O-])c1)S(=O)(=O)c1ccccc1)NCc1cccc(CN2CCOCC2)c1. The number of anilines is 1. The molecule has 1 N–H and O–H groups in total. The van der Waals surface area contributed by atoms with Crippen LogP contribution in [-0.2, 0) is 32.6 Å². The lowest BCUT2D eigenvalue weighted by atomic mass is 10.1. The Bertz CT molecular complexity index is 1340. The van der Waals surface area contributed by atoms with Gasteiger partial charge >= 0.3 is 0 Å². The molecule has 1 aliphatic rings. The van der Waals surface area contributed by atoms with Crippen LogP contribution in [0, 0.1) is 10.1 Å². The quantitative estimate of drug-likeness (QED) is 0.320. The molecule has 194 valence electrons. The lowest BCUT2D eigenvalue weighted by Gasteiger charge is -2.26. The second kappa shape index (κ2) is 12.0. The number of amides is 1. The molecule has 0 radical (unpaired) electrons. The summed E-state index contributed by atoms with van der Waals surface area (Å²) in [5, 5.41) is 14.1. The van der Waals surface area contributed by atoms with Gasteiger partial charge in [0.05, 0.1) is 28.7 Å². The van der Waals surface area contributed by atoms with Crippen LogP contribution in [0.1, 0.15) is 11.1 Å². The minimum atomic E-state index is -4.16. The number of carbonyl (C=O) groups excluding carboxylic acids is 1. The minimum absolute atomic E-state index is 0.0230. The molecule has 1 amide bonds.